The maximum Gasteiger partial charge on any atom is 0.248 e. The van der Waals surface area contributed by atoms with Crippen LogP contribution in [0, 0.1) is 0 Å². The van der Waals surface area contributed by atoms with E-state index in [1.54, 1.807) is 4.90 Å². The van der Waals surface area contributed by atoms with Crippen LogP contribution in [0.25, 0.3) is 0 Å². The van der Waals surface area contributed by atoms with Crippen molar-refractivity contribution in [2.75, 3.05) is 19.7 Å². The van der Waals surface area contributed by atoms with Gasteiger partial charge in [-0.15, -0.1) is 0 Å². The summed E-state index contributed by atoms with van der Waals surface area (Å²) in [6.07, 6.45) is 5.85. The SMILES string of the molecule is CC.CC1=CCC=C2CN(C(=O)CO)CCC2=N1. The second kappa shape index (κ2) is 7.11. The van der Waals surface area contributed by atoms with Gasteiger partial charge in [-0.05, 0) is 18.9 Å². The van der Waals surface area contributed by atoms with E-state index in [1.165, 1.54) is 0 Å². The Morgan fingerprint density at radius 2 is 2.17 bits per heavy atom. The minimum atomic E-state index is -0.406. The van der Waals surface area contributed by atoms with Gasteiger partial charge >= 0.3 is 0 Å². The van der Waals surface area contributed by atoms with E-state index in [-0.39, 0.29) is 5.91 Å². The van der Waals surface area contributed by atoms with Gasteiger partial charge in [0.15, 0.2) is 0 Å². The van der Waals surface area contributed by atoms with E-state index in [1.807, 2.05) is 20.8 Å². The maximum absolute atomic E-state index is 11.4. The van der Waals surface area contributed by atoms with Crippen molar-refractivity contribution >= 4 is 11.6 Å². The molecule has 1 amide bonds. The highest BCUT2D eigenvalue weighted by molar-refractivity contribution is 6.03. The fraction of sp³-hybridized carbons (Fsp3) is 0.571. The lowest BCUT2D eigenvalue weighted by Gasteiger charge is -2.29. The number of aliphatic hydroxyl groups excluding tert-OH is 1. The van der Waals surface area contributed by atoms with Crippen LogP contribution in [0.4, 0.5) is 0 Å². The minimum Gasteiger partial charge on any atom is -0.387 e. The lowest BCUT2D eigenvalue weighted by atomic mass is 10.0. The number of likely N-dealkylation sites (tertiary alicyclic amines) is 1. The van der Waals surface area contributed by atoms with Crippen LogP contribution in [0.15, 0.2) is 28.4 Å². The van der Waals surface area contributed by atoms with Crippen molar-refractivity contribution < 1.29 is 9.90 Å². The summed E-state index contributed by atoms with van der Waals surface area (Å²) >= 11 is 0. The zero-order valence-electron chi connectivity index (χ0n) is 11.4. The number of aliphatic imine (C=N–C) groups is 1. The van der Waals surface area contributed by atoms with Gasteiger partial charge in [-0.25, -0.2) is 0 Å². The zero-order valence-corrected chi connectivity index (χ0v) is 11.4. The number of aliphatic hydroxyl groups is 1. The third-order valence-electron chi connectivity index (χ3n) is 2.93. The van der Waals surface area contributed by atoms with Crippen molar-refractivity contribution in [3.63, 3.8) is 0 Å². The van der Waals surface area contributed by atoms with Crippen molar-refractivity contribution in [1.82, 2.24) is 4.90 Å². The molecule has 0 radical (unpaired) electrons. The summed E-state index contributed by atoms with van der Waals surface area (Å²) in [5, 5.41) is 8.83. The molecule has 2 aliphatic heterocycles. The van der Waals surface area contributed by atoms with Gasteiger partial charge < -0.3 is 10.0 Å². The van der Waals surface area contributed by atoms with Crippen LogP contribution in [0.2, 0.25) is 0 Å². The molecule has 0 unspecified atom stereocenters. The van der Waals surface area contributed by atoms with Crippen LogP contribution in [0.1, 0.15) is 33.6 Å². The van der Waals surface area contributed by atoms with Crippen LogP contribution in [-0.4, -0.2) is 41.3 Å². The molecule has 0 aromatic rings. The molecule has 18 heavy (non-hydrogen) atoms. The first kappa shape index (κ1) is 14.6. The Morgan fingerprint density at radius 1 is 1.44 bits per heavy atom. The van der Waals surface area contributed by atoms with E-state index < -0.39 is 6.61 Å². The first-order valence-corrected chi connectivity index (χ1v) is 6.53. The zero-order chi connectivity index (χ0) is 13.5. The van der Waals surface area contributed by atoms with Crippen LogP contribution in [0.5, 0.6) is 0 Å². The van der Waals surface area contributed by atoms with Gasteiger partial charge in [0, 0.05) is 30.9 Å². The molecule has 0 aromatic heterocycles. The molecule has 4 heteroatoms. The molecule has 0 spiro atoms. The number of piperidine rings is 1. The summed E-state index contributed by atoms with van der Waals surface area (Å²) in [5.41, 5.74) is 3.26. The predicted octanol–water partition coefficient (Wildman–Crippen LogP) is 1.91. The number of rotatable bonds is 1. The predicted molar refractivity (Wildman–Crippen MR) is 73.5 cm³/mol. The number of fused-ring (bicyclic) bond motifs is 1. The third-order valence-corrected chi connectivity index (χ3v) is 2.93. The number of hydrogen-bond donors (Lipinski definition) is 1. The van der Waals surface area contributed by atoms with Crippen molar-refractivity contribution in [1.29, 1.82) is 0 Å². The second-order valence-corrected chi connectivity index (χ2v) is 4.09. The normalized spacial score (nSPS) is 18.4. The Kier molecular flexibility index (Phi) is 5.78. The summed E-state index contributed by atoms with van der Waals surface area (Å²) in [6.45, 7) is 6.83. The van der Waals surface area contributed by atoms with Crippen molar-refractivity contribution in [3.8, 4) is 0 Å². The van der Waals surface area contributed by atoms with E-state index in [2.05, 4.69) is 17.1 Å². The third kappa shape index (κ3) is 3.53. The Hall–Kier alpha value is -1.42. The highest BCUT2D eigenvalue weighted by Gasteiger charge is 2.23. The summed E-state index contributed by atoms with van der Waals surface area (Å²) < 4.78 is 0. The number of carbonyl (C=O) groups excluding carboxylic acids is 1. The van der Waals surface area contributed by atoms with Gasteiger partial charge in [-0.1, -0.05) is 26.0 Å². The first-order valence-electron chi connectivity index (χ1n) is 6.53. The van der Waals surface area contributed by atoms with Crippen LogP contribution >= 0.6 is 0 Å². The molecular formula is C14H22N2O2. The average Bonchev–Trinajstić information content (AvgIpc) is 2.60. The van der Waals surface area contributed by atoms with Crippen molar-refractivity contribution in [3.05, 3.63) is 23.4 Å². The lowest BCUT2D eigenvalue weighted by molar-refractivity contribution is -0.133. The van der Waals surface area contributed by atoms with E-state index >= 15 is 0 Å². The number of allylic oxidation sites excluding steroid dienone is 3. The molecule has 4 nitrogen and oxygen atoms in total. The highest BCUT2D eigenvalue weighted by Crippen LogP contribution is 2.19. The van der Waals surface area contributed by atoms with Crippen LogP contribution in [0.3, 0.4) is 0 Å². The molecule has 1 saturated heterocycles. The molecule has 2 heterocycles. The fourth-order valence-corrected chi connectivity index (χ4v) is 2.03. The van der Waals surface area contributed by atoms with E-state index in [0.29, 0.717) is 13.1 Å². The molecule has 2 aliphatic rings. The smallest absolute Gasteiger partial charge is 0.248 e. The Morgan fingerprint density at radius 3 is 2.83 bits per heavy atom. The molecular weight excluding hydrogens is 228 g/mol. The van der Waals surface area contributed by atoms with Gasteiger partial charge in [-0.2, -0.15) is 0 Å². The summed E-state index contributed by atoms with van der Waals surface area (Å²) in [5.74, 6) is -0.200. The molecule has 0 saturated carbocycles. The largest absolute Gasteiger partial charge is 0.387 e. The monoisotopic (exact) mass is 250 g/mol. The number of hydrogen-bond acceptors (Lipinski definition) is 3. The van der Waals surface area contributed by atoms with Crippen molar-refractivity contribution in [2.45, 2.75) is 33.6 Å². The molecule has 0 bridgehead atoms. The quantitative estimate of drug-likeness (QED) is 0.773. The minimum absolute atomic E-state index is 0.200. The maximum atomic E-state index is 11.4. The van der Waals surface area contributed by atoms with Crippen molar-refractivity contribution in [2.24, 2.45) is 4.99 Å². The fourth-order valence-electron chi connectivity index (χ4n) is 2.03. The second-order valence-electron chi connectivity index (χ2n) is 4.09. The summed E-state index contributed by atoms with van der Waals surface area (Å²) in [6, 6.07) is 0. The van der Waals surface area contributed by atoms with Gasteiger partial charge in [0.05, 0.1) is 0 Å². The Labute approximate surface area is 109 Å². The number of amides is 1. The van der Waals surface area contributed by atoms with E-state index in [9.17, 15) is 4.79 Å². The standard InChI is InChI=1S/C12H16N2O2.C2H6/c1-9-3-2-4-10-7-14(12(16)8-15)6-5-11(10)13-9;1-2/h3-4,15H,2,5-8H2,1H3;1-2H3. The molecule has 100 valence electrons. The van der Waals surface area contributed by atoms with Gasteiger partial charge in [0.25, 0.3) is 0 Å². The Bertz CT molecular complexity index is 395. The topological polar surface area (TPSA) is 52.9 Å². The van der Waals surface area contributed by atoms with Gasteiger partial charge in [0.2, 0.25) is 5.91 Å². The molecule has 0 atom stereocenters. The Balaban J connectivity index is 0.000000771. The average molecular weight is 250 g/mol. The van der Waals surface area contributed by atoms with Gasteiger partial charge in [0.1, 0.15) is 6.61 Å². The molecule has 0 aliphatic carbocycles. The van der Waals surface area contributed by atoms with Crippen LogP contribution < -0.4 is 0 Å². The number of carbonyl (C=O) groups is 1. The lowest BCUT2D eigenvalue weighted by Crippen LogP contribution is -2.41. The summed E-state index contributed by atoms with van der Waals surface area (Å²) in [7, 11) is 0. The molecule has 1 N–H and O–H groups in total. The highest BCUT2D eigenvalue weighted by atomic mass is 16.3. The van der Waals surface area contributed by atoms with Crippen LogP contribution in [-0.2, 0) is 4.79 Å². The summed E-state index contributed by atoms with van der Waals surface area (Å²) in [4.78, 5) is 17.6. The molecule has 0 aromatic carbocycles. The van der Waals surface area contributed by atoms with Gasteiger partial charge in [-0.3, -0.25) is 9.79 Å². The molecule has 1 fully saturated rings. The number of nitrogens with zero attached hydrogens (tertiary/aromatic N) is 2. The molecule has 2 rings (SSSR count). The first-order chi connectivity index (χ1) is 8.70. The van der Waals surface area contributed by atoms with E-state index in [0.717, 1.165) is 29.8 Å². The van der Waals surface area contributed by atoms with E-state index in [4.69, 9.17) is 5.11 Å².